The van der Waals surface area contributed by atoms with Crippen LogP contribution in [0.5, 0.6) is 5.75 Å². The van der Waals surface area contributed by atoms with E-state index >= 15 is 0 Å². The van der Waals surface area contributed by atoms with Crippen molar-refractivity contribution in [2.75, 3.05) is 11.1 Å². The number of carbonyl (C=O) groups excluding carboxylic acids is 2. The second kappa shape index (κ2) is 9.42. The van der Waals surface area contributed by atoms with Crippen LogP contribution in [0.4, 0.5) is 11.4 Å². The Kier molecular flexibility index (Phi) is 6.71. The summed E-state index contributed by atoms with van der Waals surface area (Å²) >= 11 is 1.02. The van der Waals surface area contributed by atoms with Crippen molar-refractivity contribution in [2.24, 2.45) is 5.73 Å². The number of nitrogens with zero attached hydrogens (tertiary/aromatic N) is 1. The number of nitrogens with one attached hydrogen (secondary N) is 1. The highest BCUT2D eigenvalue weighted by Gasteiger charge is 2.18. The van der Waals surface area contributed by atoms with Crippen molar-refractivity contribution in [3.63, 3.8) is 0 Å². The van der Waals surface area contributed by atoms with Crippen LogP contribution < -0.4 is 15.8 Å². The fraction of sp³-hybridized carbons (Fsp3) is 0.300. The zero-order valence-corrected chi connectivity index (χ0v) is 16.4. The molecular formula is C20H21N3O5S. The maximum absolute atomic E-state index is 12.2. The molecule has 1 saturated carbocycles. The van der Waals surface area contributed by atoms with Crippen LogP contribution in [0.25, 0.3) is 0 Å². The van der Waals surface area contributed by atoms with Crippen molar-refractivity contribution in [2.45, 2.75) is 36.7 Å². The number of benzene rings is 2. The van der Waals surface area contributed by atoms with E-state index in [1.54, 1.807) is 12.1 Å². The molecule has 0 radical (unpaired) electrons. The van der Waals surface area contributed by atoms with Gasteiger partial charge in [0.1, 0.15) is 5.75 Å². The molecule has 3 rings (SSSR count). The number of hydrogen-bond acceptors (Lipinski definition) is 6. The van der Waals surface area contributed by atoms with Gasteiger partial charge in [-0.1, -0.05) is 0 Å². The Morgan fingerprint density at radius 3 is 2.48 bits per heavy atom. The maximum Gasteiger partial charge on any atom is 0.283 e. The molecule has 152 valence electrons. The SMILES string of the molecule is NC(=O)c1ccc(SCC(=O)Nc2ccc(OC3CCCC3)cc2)c([N+](=O)[O-])c1. The molecule has 2 aromatic carbocycles. The van der Waals surface area contributed by atoms with E-state index in [-0.39, 0.29) is 33.9 Å². The van der Waals surface area contributed by atoms with Gasteiger partial charge < -0.3 is 15.8 Å². The van der Waals surface area contributed by atoms with Crippen LogP contribution >= 0.6 is 11.8 Å². The highest BCUT2D eigenvalue weighted by molar-refractivity contribution is 8.00. The molecule has 0 unspecified atom stereocenters. The number of hydrogen-bond donors (Lipinski definition) is 2. The molecule has 1 aliphatic carbocycles. The third-order valence-electron chi connectivity index (χ3n) is 4.54. The van der Waals surface area contributed by atoms with Gasteiger partial charge in [0.15, 0.2) is 0 Å². The zero-order valence-electron chi connectivity index (χ0n) is 15.6. The first kappa shape index (κ1) is 20.7. The molecule has 8 nitrogen and oxygen atoms in total. The van der Waals surface area contributed by atoms with Crippen molar-refractivity contribution in [3.05, 3.63) is 58.1 Å². The second-order valence-corrected chi connectivity index (χ2v) is 7.71. The van der Waals surface area contributed by atoms with E-state index in [2.05, 4.69) is 5.32 Å². The smallest absolute Gasteiger partial charge is 0.283 e. The lowest BCUT2D eigenvalue weighted by Gasteiger charge is -2.13. The molecule has 1 aliphatic rings. The van der Waals surface area contributed by atoms with Crippen LogP contribution in [-0.2, 0) is 4.79 Å². The number of nitro benzene ring substituents is 1. The number of ether oxygens (including phenoxy) is 1. The van der Waals surface area contributed by atoms with E-state index in [1.165, 1.54) is 25.0 Å². The number of primary amides is 1. The third kappa shape index (κ3) is 5.71. The van der Waals surface area contributed by atoms with Gasteiger partial charge in [0.25, 0.3) is 5.69 Å². The maximum atomic E-state index is 12.2. The van der Waals surface area contributed by atoms with Gasteiger partial charge in [-0.05, 0) is 62.1 Å². The highest BCUT2D eigenvalue weighted by Crippen LogP contribution is 2.30. The van der Waals surface area contributed by atoms with E-state index in [9.17, 15) is 19.7 Å². The van der Waals surface area contributed by atoms with Gasteiger partial charge in [0.05, 0.1) is 21.7 Å². The number of rotatable bonds is 8. The monoisotopic (exact) mass is 415 g/mol. The summed E-state index contributed by atoms with van der Waals surface area (Å²) in [7, 11) is 0. The largest absolute Gasteiger partial charge is 0.490 e. The van der Waals surface area contributed by atoms with Gasteiger partial charge in [-0.3, -0.25) is 19.7 Å². The number of carbonyl (C=O) groups is 2. The van der Waals surface area contributed by atoms with Gasteiger partial charge in [-0.2, -0.15) is 0 Å². The van der Waals surface area contributed by atoms with Crippen LogP contribution in [0.3, 0.4) is 0 Å². The molecule has 0 bridgehead atoms. The lowest BCUT2D eigenvalue weighted by atomic mass is 10.2. The summed E-state index contributed by atoms with van der Waals surface area (Å²) in [6.07, 6.45) is 4.80. The van der Waals surface area contributed by atoms with Gasteiger partial charge in [-0.25, -0.2) is 0 Å². The molecule has 29 heavy (non-hydrogen) atoms. The highest BCUT2D eigenvalue weighted by atomic mass is 32.2. The Morgan fingerprint density at radius 1 is 1.17 bits per heavy atom. The van der Waals surface area contributed by atoms with E-state index in [1.807, 2.05) is 12.1 Å². The zero-order chi connectivity index (χ0) is 20.8. The number of anilines is 1. The Bertz CT molecular complexity index is 911. The topological polar surface area (TPSA) is 125 Å². The van der Waals surface area contributed by atoms with Gasteiger partial charge in [0, 0.05) is 17.3 Å². The first-order valence-electron chi connectivity index (χ1n) is 9.20. The minimum absolute atomic E-state index is 0.0168. The van der Waals surface area contributed by atoms with E-state index in [0.717, 1.165) is 36.4 Å². The average molecular weight is 415 g/mol. The number of nitro groups is 1. The summed E-state index contributed by atoms with van der Waals surface area (Å²) in [5.74, 6) is -0.290. The quantitative estimate of drug-likeness (QED) is 0.384. The Balaban J connectivity index is 1.55. The van der Waals surface area contributed by atoms with E-state index < -0.39 is 10.8 Å². The summed E-state index contributed by atoms with van der Waals surface area (Å²) in [5, 5.41) is 14.0. The first-order valence-corrected chi connectivity index (χ1v) is 10.2. The van der Waals surface area contributed by atoms with Crippen molar-refractivity contribution in [1.82, 2.24) is 0 Å². The average Bonchev–Trinajstić information content (AvgIpc) is 3.20. The molecule has 0 saturated heterocycles. The number of thioether (sulfide) groups is 1. The van der Waals surface area contributed by atoms with Crippen LogP contribution in [0.15, 0.2) is 47.4 Å². The van der Waals surface area contributed by atoms with Crippen LogP contribution in [0.2, 0.25) is 0 Å². The fourth-order valence-electron chi connectivity index (χ4n) is 3.09. The summed E-state index contributed by atoms with van der Waals surface area (Å²) in [6, 6.07) is 11.1. The Hall–Kier alpha value is -3.07. The van der Waals surface area contributed by atoms with Crippen LogP contribution in [0.1, 0.15) is 36.0 Å². The van der Waals surface area contributed by atoms with Gasteiger partial charge in [-0.15, -0.1) is 11.8 Å². The fourth-order valence-corrected chi connectivity index (χ4v) is 3.90. The normalized spacial score (nSPS) is 13.8. The van der Waals surface area contributed by atoms with Crippen molar-refractivity contribution < 1.29 is 19.2 Å². The summed E-state index contributed by atoms with van der Waals surface area (Å²) in [5.41, 5.74) is 5.56. The van der Waals surface area contributed by atoms with Crippen molar-refractivity contribution in [1.29, 1.82) is 0 Å². The molecule has 2 amide bonds. The molecule has 0 atom stereocenters. The molecule has 1 fully saturated rings. The molecule has 0 aliphatic heterocycles. The Morgan fingerprint density at radius 2 is 1.86 bits per heavy atom. The predicted octanol–water partition coefficient (Wildman–Crippen LogP) is 3.75. The standard InChI is InChI=1S/C20H21N3O5S/c21-20(25)13-5-10-18(17(11-13)23(26)27)29-12-19(24)22-14-6-8-16(9-7-14)28-15-3-1-2-4-15/h5-11,15H,1-4,12H2,(H2,21,25)(H,22,24). The second-order valence-electron chi connectivity index (χ2n) is 6.69. The molecule has 0 aromatic heterocycles. The Labute approximate surface area is 172 Å². The molecular weight excluding hydrogens is 394 g/mol. The number of amides is 2. The molecule has 2 aromatic rings. The lowest BCUT2D eigenvalue weighted by Crippen LogP contribution is -2.14. The van der Waals surface area contributed by atoms with E-state index in [4.69, 9.17) is 10.5 Å². The summed E-state index contributed by atoms with van der Waals surface area (Å²) in [4.78, 5) is 34.3. The molecule has 3 N–H and O–H groups in total. The third-order valence-corrected chi connectivity index (χ3v) is 5.60. The minimum atomic E-state index is -0.747. The van der Waals surface area contributed by atoms with Crippen LogP contribution in [0, 0.1) is 10.1 Å². The molecule has 9 heteroatoms. The number of nitrogens with two attached hydrogens (primary N) is 1. The first-order chi connectivity index (χ1) is 13.9. The summed E-state index contributed by atoms with van der Waals surface area (Å²) < 4.78 is 5.89. The molecule has 0 spiro atoms. The van der Waals surface area contributed by atoms with Crippen LogP contribution in [-0.4, -0.2) is 28.6 Å². The van der Waals surface area contributed by atoms with Crippen molar-refractivity contribution in [3.8, 4) is 5.75 Å². The lowest BCUT2D eigenvalue weighted by molar-refractivity contribution is -0.387. The minimum Gasteiger partial charge on any atom is -0.490 e. The summed E-state index contributed by atoms with van der Waals surface area (Å²) in [6.45, 7) is 0. The van der Waals surface area contributed by atoms with Crippen molar-refractivity contribution >= 4 is 35.0 Å². The van der Waals surface area contributed by atoms with Gasteiger partial charge in [0.2, 0.25) is 11.8 Å². The van der Waals surface area contributed by atoms with E-state index in [0.29, 0.717) is 5.69 Å². The van der Waals surface area contributed by atoms with Gasteiger partial charge >= 0.3 is 0 Å². The predicted molar refractivity (Wildman–Crippen MR) is 110 cm³/mol. The molecule has 0 heterocycles.